The lowest BCUT2D eigenvalue weighted by Crippen LogP contribution is -2.45. The normalized spacial score (nSPS) is 20.3. The van der Waals surface area contributed by atoms with Crippen molar-refractivity contribution in [3.05, 3.63) is 33.8 Å². The highest BCUT2D eigenvalue weighted by Crippen LogP contribution is 2.42. The molecule has 0 bridgehead atoms. The number of hydrogen-bond acceptors (Lipinski definition) is 5. The molecule has 1 aliphatic carbocycles. The highest BCUT2D eigenvalue weighted by atomic mass is 35.5. The molecule has 0 saturated heterocycles. The molecule has 0 radical (unpaired) electrons. The summed E-state index contributed by atoms with van der Waals surface area (Å²) in [4.78, 5) is 35.7. The molecular weight excluding hydrogens is 381 g/mol. The maximum atomic E-state index is 12.5. The molecule has 1 unspecified atom stereocenters. The molecular formula is C18H21Cl2NO5. The SMILES string of the molecule is C[N+](C)(C)CC(CC(=O)[O-])OC(=O)[C@H]1C[C@@H]1C(=O)c1ccc(Cl)c(Cl)c1. The highest BCUT2D eigenvalue weighted by Gasteiger charge is 2.49. The van der Waals surface area contributed by atoms with Gasteiger partial charge in [0.25, 0.3) is 0 Å². The number of carboxylic acids is 1. The van der Waals surface area contributed by atoms with Crippen molar-refractivity contribution in [2.24, 2.45) is 11.8 Å². The number of aliphatic carboxylic acids is 1. The first kappa shape index (κ1) is 20.7. The number of carboxylic acid groups (broad SMARTS) is 1. The topological polar surface area (TPSA) is 83.5 Å². The Hall–Kier alpha value is -1.63. The number of rotatable bonds is 8. The fourth-order valence-corrected chi connectivity index (χ4v) is 3.10. The Labute approximate surface area is 162 Å². The predicted molar refractivity (Wildman–Crippen MR) is 94.8 cm³/mol. The van der Waals surface area contributed by atoms with E-state index in [1.807, 2.05) is 21.1 Å². The van der Waals surface area contributed by atoms with Crippen LogP contribution in [0.3, 0.4) is 0 Å². The zero-order valence-electron chi connectivity index (χ0n) is 14.8. The highest BCUT2D eigenvalue weighted by molar-refractivity contribution is 6.42. The molecule has 1 fully saturated rings. The molecule has 0 amide bonds. The number of Topliss-reactive ketones (excluding diaryl/α,β-unsaturated/α-hetero) is 1. The molecule has 0 heterocycles. The van der Waals surface area contributed by atoms with Gasteiger partial charge in [-0.15, -0.1) is 0 Å². The summed E-state index contributed by atoms with van der Waals surface area (Å²) < 4.78 is 5.78. The number of carbonyl (C=O) groups excluding carboxylic acids is 3. The van der Waals surface area contributed by atoms with Crippen molar-refractivity contribution in [1.29, 1.82) is 0 Å². The van der Waals surface area contributed by atoms with Crippen LogP contribution >= 0.6 is 23.2 Å². The van der Waals surface area contributed by atoms with E-state index in [4.69, 9.17) is 27.9 Å². The van der Waals surface area contributed by atoms with Gasteiger partial charge in [0.05, 0.1) is 37.1 Å². The van der Waals surface area contributed by atoms with E-state index in [-0.39, 0.29) is 17.2 Å². The van der Waals surface area contributed by atoms with Gasteiger partial charge in [0.15, 0.2) is 11.9 Å². The minimum absolute atomic E-state index is 0.200. The number of nitrogens with zero attached hydrogens (tertiary/aromatic N) is 1. The third-order valence-corrected chi connectivity index (χ3v) is 4.80. The van der Waals surface area contributed by atoms with Crippen LogP contribution in [0.2, 0.25) is 10.0 Å². The van der Waals surface area contributed by atoms with Crippen LogP contribution in [0.25, 0.3) is 0 Å². The van der Waals surface area contributed by atoms with Crippen molar-refractivity contribution in [3.8, 4) is 0 Å². The van der Waals surface area contributed by atoms with E-state index in [9.17, 15) is 19.5 Å². The minimum atomic E-state index is -1.28. The number of benzene rings is 1. The molecule has 0 aliphatic heterocycles. The van der Waals surface area contributed by atoms with E-state index in [1.165, 1.54) is 12.1 Å². The van der Waals surface area contributed by atoms with Crippen LogP contribution in [-0.4, -0.2) is 56.0 Å². The molecule has 2 rings (SSSR count). The lowest BCUT2D eigenvalue weighted by Gasteiger charge is -2.29. The van der Waals surface area contributed by atoms with E-state index >= 15 is 0 Å². The first-order valence-electron chi connectivity index (χ1n) is 8.18. The number of likely N-dealkylation sites (N-methyl/N-ethyl adjacent to an activating group) is 1. The predicted octanol–water partition coefficient (Wildman–Crippen LogP) is 1.57. The molecule has 6 nitrogen and oxygen atoms in total. The second kappa shape index (κ2) is 7.94. The molecule has 1 aromatic carbocycles. The molecule has 1 saturated carbocycles. The smallest absolute Gasteiger partial charge is 0.310 e. The molecule has 8 heteroatoms. The van der Waals surface area contributed by atoms with Gasteiger partial charge in [-0.1, -0.05) is 23.2 Å². The summed E-state index contributed by atoms with van der Waals surface area (Å²) in [6.45, 7) is 0.331. The Bertz CT molecular complexity index is 729. The van der Waals surface area contributed by atoms with Crippen LogP contribution in [0.15, 0.2) is 18.2 Å². The van der Waals surface area contributed by atoms with Gasteiger partial charge in [0, 0.05) is 23.9 Å². The number of esters is 1. The van der Waals surface area contributed by atoms with Gasteiger partial charge in [-0.25, -0.2) is 0 Å². The molecule has 0 spiro atoms. The van der Waals surface area contributed by atoms with Crippen LogP contribution in [0.4, 0.5) is 0 Å². The average Bonchev–Trinajstić information content (AvgIpc) is 3.27. The number of hydrogen-bond donors (Lipinski definition) is 0. The van der Waals surface area contributed by atoms with Crippen molar-refractivity contribution in [2.45, 2.75) is 18.9 Å². The van der Waals surface area contributed by atoms with Crippen LogP contribution in [-0.2, 0) is 14.3 Å². The standard InChI is InChI=1S/C18H21Cl2NO5/c1-21(2,3)9-11(7-16(22)23)26-18(25)13-8-12(13)17(24)10-4-5-14(19)15(20)6-10/h4-6,11-13H,7-9H2,1-3H3/t11?,12-,13-/m0/s1. The number of quaternary nitrogens is 1. The molecule has 142 valence electrons. The number of halogens is 2. The Balaban J connectivity index is 1.99. The Morgan fingerprint density at radius 1 is 1.19 bits per heavy atom. The Morgan fingerprint density at radius 2 is 1.85 bits per heavy atom. The van der Waals surface area contributed by atoms with E-state index in [0.29, 0.717) is 28.0 Å². The summed E-state index contributed by atoms with van der Waals surface area (Å²) in [6, 6.07) is 4.57. The monoisotopic (exact) mass is 401 g/mol. The number of ketones is 1. The summed E-state index contributed by atoms with van der Waals surface area (Å²) in [6.07, 6.45) is -0.798. The summed E-state index contributed by atoms with van der Waals surface area (Å²) >= 11 is 11.8. The molecule has 0 aromatic heterocycles. The van der Waals surface area contributed by atoms with E-state index < -0.39 is 29.9 Å². The van der Waals surface area contributed by atoms with E-state index in [0.717, 1.165) is 0 Å². The van der Waals surface area contributed by atoms with Crippen molar-refractivity contribution < 1.29 is 28.7 Å². The Kier molecular flexibility index (Phi) is 6.32. The fourth-order valence-electron chi connectivity index (χ4n) is 2.80. The number of carbonyl (C=O) groups is 3. The molecule has 1 aliphatic rings. The zero-order valence-corrected chi connectivity index (χ0v) is 16.3. The second-order valence-corrected chi connectivity index (χ2v) is 8.36. The number of ether oxygens (including phenoxy) is 1. The minimum Gasteiger partial charge on any atom is -0.550 e. The first-order chi connectivity index (χ1) is 12.0. The van der Waals surface area contributed by atoms with Crippen molar-refractivity contribution in [1.82, 2.24) is 0 Å². The van der Waals surface area contributed by atoms with Crippen LogP contribution in [0, 0.1) is 11.8 Å². The lowest BCUT2D eigenvalue weighted by molar-refractivity contribution is -0.873. The first-order valence-corrected chi connectivity index (χ1v) is 8.93. The summed E-state index contributed by atoms with van der Waals surface area (Å²) in [5, 5.41) is 11.5. The van der Waals surface area contributed by atoms with Crippen LogP contribution in [0.1, 0.15) is 23.2 Å². The van der Waals surface area contributed by atoms with Crippen LogP contribution in [0.5, 0.6) is 0 Å². The molecule has 3 atom stereocenters. The maximum Gasteiger partial charge on any atom is 0.310 e. The third-order valence-electron chi connectivity index (χ3n) is 4.06. The summed E-state index contributed by atoms with van der Waals surface area (Å²) in [5.41, 5.74) is 0.386. The second-order valence-electron chi connectivity index (χ2n) is 7.55. The van der Waals surface area contributed by atoms with Crippen LogP contribution < -0.4 is 5.11 Å². The third kappa shape index (κ3) is 5.69. The average molecular weight is 402 g/mol. The van der Waals surface area contributed by atoms with Gasteiger partial charge < -0.3 is 19.1 Å². The summed E-state index contributed by atoms with van der Waals surface area (Å²) in [5.74, 6) is -3.08. The van der Waals surface area contributed by atoms with Crippen molar-refractivity contribution in [3.63, 3.8) is 0 Å². The van der Waals surface area contributed by atoms with Gasteiger partial charge in [-0.2, -0.15) is 0 Å². The van der Waals surface area contributed by atoms with E-state index in [2.05, 4.69) is 0 Å². The van der Waals surface area contributed by atoms with Crippen molar-refractivity contribution in [2.75, 3.05) is 27.7 Å². The van der Waals surface area contributed by atoms with Gasteiger partial charge in [-0.3, -0.25) is 9.59 Å². The molecule has 26 heavy (non-hydrogen) atoms. The quantitative estimate of drug-likeness (QED) is 0.375. The maximum absolute atomic E-state index is 12.5. The fraction of sp³-hybridized carbons (Fsp3) is 0.500. The Morgan fingerprint density at radius 3 is 2.38 bits per heavy atom. The van der Waals surface area contributed by atoms with Gasteiger partial charge in [0.2, 0.25) is 0 Å². The molecule has 0 N–H and O–H groups in total. The van der Waals surface area contributed by atoms with Crippen molar-refractivity contribution >= 4 is 40.9 Å². The van der Waals surface area contributed by atoms with Gasteiger partial charge in [0.1, 0.15) is 6.54 Å². The zero-order chi connectivity index (χ0) is 19.6. The van der Waals surface area contributed by atoms with Gasteiger partial charge in [-0.05, 0) is 24.6 Å². The lowest BCUT2D eigenvalue weighted by atomic mass is 10.1. The summed E-state index contributed by atoms with van der Waals surface area (Å²) in [7, 11) is 5.59. The molecule has 1 aromatic rings. The van der Waals surface area contributed by atoms with Gasteiger partial charge >= 0.3 is 5.97 Å². The largest absolute Gasteiger partial charge is 0.550 e. The van der Waals surface area contributed by atoms with E-state index in [1.54, 1.807) is 6.07 Å².